The minimum Gasteiger partial charge on any atom is -0.478 e. The molecule has 2 amide bonds. The Morgan fingerprint density at radius 3 is 2.31 bits per heavy atom. The Morgan fingerprint density at radius 1 is 0.938 bits per heavy atom. The maximum atomic E-state index is 13.3. The fraction of sp³-hybridized carbons (Fsp3) is 0.0800. The van der Waals surface area contributed by atoms with Crippen molar-refractivity contribution in [2.24, 2.45) is 5.73 Å². The number of anilines is 1. The molecular weight excluding hydrogens is 424 g/mol. The Hall–Kier alpha value is -3.97. The van der Waals surface area contributed by atoms with Crippen molar-refractivity contribution in [2.75, 3.05) is 5.32 Å². The van der Waals surface area contributed by atoms with Gasteiger partial charge in [-0.3, -0.25) is 9.59 Å². The summed E-state index contributed by atoms with van der Waals surface area (Å²) in [5.74, 6) is -2.50. The molecule has 0 radical (unpaired) electrons. The zero-order valence-electron chi connectivity index (χ0n) is 17.2. The number of carbonyl (C=O) groups is 3. The summed E-state index contributed by atoms with van der Waals surface area (Å²) in [6, 6.07) is 21.6. The maximum absolute atomic E-state index is 13.3. The number of primary amides is 1. The molecule has 4 N–H and O–H groups in total. The molecule has 1 unspecified atom stereocenters. The van der Waals surface area contributed by atoms with Crippen LogP contribution in [0.3, 0.4) is 0 Å². The van der Waals surface area contributed by atoms with E-state index in [0.29, 0.717) is 10.4 Å². The van der Waals surface area contributed by atoms with Gasteiger partial charge in [0.05, 0.1) is 16.7 Å². The molecule has 0 saturated heterocycles. The summed E-state index contributed by atoms with van der Waals surface area (Å²) in [5, 5.41) is 13.9. The van der Waals surface area contributed by atoms with Gasteiger partial charge in [0.2, 0.25) is 0 Å². The monoisotopic (exact) mass is 444 g/mol. The highest BCUT2D eigenvalue weighted by atomic mass is 32.1. The topological polar surface area (TPSA) is 109 Å². The third-order valence-corrected chi connectivity index (χ3v) is 6.59. The molecule has 1 atom stereocenters. The van der Waals surface area contributed by atoms with Crippen LogP contribution < -0.4 is 11.1 Å². The summed E-state index contributed by atoms with van der Waals surface area (Å²) in [6.07, 6.45) is 0. The Labute approximate surface area is 188 Å². The van der Waals surface area contributed by atoms with Crippen LogP contribution in [-0.2, 0) is 0 Å². The number of amides is 2. The summed E-state index contributed by atoms with van der Waals surface area (Å²) in [7, 11) is 0. The first-order valence-corrected chi connectivity index (χ1v) is 10.7. The number of rotatable bonds is 6. The molecule has 3 aromatic carbocycles. The number of benzene rings is 3. The molecule has 0 fully saturated rings. The molecule has 0 spiro atoms. The Morgan fingerprint density at radius 2 is 1.62 bits per heavy atom. The number of carboxylic acid groups (broad SMARTS) is 1. The third-order valence-electron chi connectivity index (χ3n) is 5.36. The van der Waals surface area contributed by atoms with Crippen molar-refractivity contribution in [1.29, 1.82) is 0 Å². The molecule has 32 heavy (non-hydrogen) atoms. The summed E-state index contributed by atoms with van der Waals surface area (Å²) in [4.78, 5) is 38.0. The van der Waals surface area contributed by atoms with Crippen LogP contribution in [0.5, 0.6) is 0 Å². The molecule has 6 nitrogen and oxygen atoms in total. The van der Waals surface area contributed by atoms with Gasteiger partial charge >= 0.3 is 5.97 Å². The molecule has 4 aromatic rings. The van der Waals surface area contributed by atoms with Crippen LogP contribution in [0.1, 0.15) is 54.4 Å². The van der Waals surface area contributed by atoms with Gasteiger partial charge in [0.1, 0.15) is 5.00 Å². The van der Waals surface area contributed by atoms with Crippen LogP contribution in [0.25, 0.3) is 10.8 Å². The van der Waals surface area contributed by atoms with Crippen molar-refractivity contribution in [3.8, 4) is 0 Å². The first-order valence-electron chi connectivity index (χ1n) is 9.91. The molecule has 0 aliphatic carbocycles. The fourth-order valence-electron chi connectivity index (χ4n) is 3.67. The smallest absolute Gasteiger partial charge is 0.336 e. The molecule has 0 bridgehead atoms. The quantitative estimate of drug-likeness (QED) is 0.384. The van der Waals surface area contributed by atoms with Gasteiger partial charge in [0.15, 0.2) is 0 Å². The number of aromatic carboxylic acids is 1. The van der Waals surface area contributed by atoms with Gasteiger partial charge in [-0.05, 0) is 28.5 Å². The minimum atomic E-state index is -1.21. The van der Waals surface area contributed by atoms with Gasteiger partial charge < -0.3 is 16.2 Å². The van der Waals surface area contributed by atoms with Crippen LogP contribution in [0.2, 0.25) is 0 Å². The van der Waals surface area contributed by atoms with E-state index in [4.69, 9.17) is 5.73 Å². The second-order valence-corrected chi connectivity index (χ2v) is 8.44. The number of hydrogen-bond acceptors (Lipinski definition) is 4. The van der Waals surface area contributed by atoms with E-state index in [2.05, 4.69) is 5.32 Å². The highest BCUT2D eigenvalue weighted by Gasteiger charge is 2.24. The first-order chi connectivity index (χ1) is 15.4. The van der Waals surface area contributed by atoms with Crippen molar-refractivity contribution >= 4 is 44.9 Å². The number of nitrogens with two attached hydrogens (primary N) is 1. The standard InChI is InChI=1S/C25H20N2O4S/c1-14(15-7-3-2-4-8-15)20-13-19(22(26)28)24(32-20)27-23(29)21-17-10-6-5-9-16(17)11-12-18(21)25(30)31/h2-14H,1H3,(H2,26,28)(H,27,29)(H,30,31). The van der Waals surface area contributed by atoms with Crippen molar-refractivity contribution in [1.82, 2.24) is 0 Å². The van der Waals surface area contributed by atoms with Crippen molar-refractivity contribution < 1.29 is 19.5 Å². The lowest BCUT2D eigenvalue weighted by molar-refractivity contribution is 0.0692. The summed E-state index contributed by atoms with van der Waals surface area (Å²) >= 11 is 1.25. The molecule has 0 aliphatic rings. The molecular formula is C25H20N2O4S. The van der Waals surface area contributed by atoms with Gasteiger partial charge in [-0.25, -0.2) is 4.79 Å². The first kappa shape index (κ1) is 21.3. The van der Waals surface area contributed by atoms with Crippen LogP contribution in [-0.4, -0.2) is 22.9 Å². The lowest BCUT2D eigenvalue weighted by Gasteiger charge is -2.11. The minimum absolute atomic E-state index is 0.0166. The number of carbonyl (C=O) groups excluding carboxylic acids is 2. The average Bonchev–Trinajstić information content (AvgIpc) is 3.22. The second-order valence-electron chi connectivity index (χ2n) is 7.36. The van der Waals surface area contributed by atoms with Crippen molar-refractivity contribution in [3.63, 3.8) is 0 Å². The van der Waals surface area contributed by atoms with Gasteiger partial charge in [0.25, 0.3) is 11.8 Å². The lowest BCUT2D eigenvalue weighted by Crippen LogP contribution is -2.19. The second kappa shape index (κ2) is 8.64. The Balaban J connectivity index is 1.76. The summed E-state index contributed by atoms with van der Waals surface area (Å²) < 4.78 is 0. The van der Waals surface area contributed by atoms with Crippen LogP contribution in [0.15, 0.2) is 72.8 Å². The lowest BCUT2D eigenvalue weighted by atomic mass is 9.98. The molecule has 0 aliphatic heterocycles. The largest absolute Gasteiger partial charge is 0.478 e. The average molecular weight is 445 g/mol. The third kappa shape index (κ3) is 3.98. The van der Waals surface area contributed by atoms with Crippen molar-refractivity contribution in [2.45, 2.75) is 12.8 Å². The maximum Gasteiger partial charge on any atom is 0.336 e. The van der Waals surface area contributed by atoms with Crippen LogP contribution >= 0.6 is 11.3 Å². The molecule has 7 heteroatoms. The van der Waals surface area contributed by atoms with E-state index < -0.39 is 17.8 Å². The van der Waals surface area contributed by atoms with E-state index in [-0.39, 0.29) is 22.6 Å². The van der Waals surface area contributed by atoms with Crippen LogP contribution in [0, 0.1) is 0 Å². The van der Waals surface area contributed by atoms with Gasteiger partial charge in [-0.15, -0.1) is 11.3 Å². The predicted molar refractivity (Wildman–Crippen MR) is 126 cm³/mol. The highest BCUT2D eigenvalue weighted by Crippen LogP contribution is 2.36. The van der Waals surface area contributed by atoms with E-state index in [0.717, 1.165) is 15.8 Å². The predicted octanol–water partition coefficient (Wildman–Crippen LogP) is 5.10. The van der Waals surface area contributed by atoms with Gasteiger partial charge in [0, 0.05) is 10.8 Å². The Kier molecular flexibility index (Phi) is 5.75. The summed E-state index contributed by atoms with van der Waals surface area (Å²) in [5.41, 5.74) is 6.75. The zero-order chi connectivity index (χ0) is 22.8. The van der Waals surface area contributed by atoms with E-state index in [1.54, 1.807) is 30.3 Å². The number of thiophene rings is 1. The Bertz CT molecular complexity index is 1340. The normalized spacial score (nSPS) is 11.8. The van der Waals surface area contributed by atoms with E-state index in [1.165, 1.54) is 17.4 Å². The van der Waals surface area contributed by atoms with Crippen molar-refractivity contribution in [3.05, 3.63) is 99.9 Å². The number of nitrogens with one attached hydrogen (secondary N) is 1. The van der Waals surface area contributed by atoms with Crippen LogP contribution in [0.4, 0.5) is 5.00 Å². The van der Waals surface area contributed by atoms with Gasteiger partial charge in [-0.1, -0.05) is 67.6 Å². The molecule has 160 valence electrons. The molecule has 4 rings (SSSR count). The highest BCUT2D eigenvalue weighted by molar-refractivity contribution is 7.16. The SMILES string of the molecule is CC(c1ccccc1)c1cc(C(N)=O)c(NC(=O)c2c(C(=O)O)ccc3ccccc23)s1. The van der Waals surface area contributed by atoms with E-state index >= 15 is 0 Å². The number of fused-ring (bicyclic) bond motifs is 1. The molecule has 1 aromatic heterocycles. The fourth-order valence-corrected chi connectivity index (χ4v) is 4.80. The zero-order valence-corrected chi connectivity index (χ0v) is 18.0. The van der Waals surface area contributed by atoms with Gasteiger partial charge in [-0.2, -0.15) is 0 Å². The summed E-state index contributed by atoms with van der Waals surface area (Å²) in [6.45, 7) is 2.00. The molecule has 0 saturated carbocycles. The number of hydrogen-bond donors (Lipinski definition) is 3. The number of carboxylic acids is 1. The van der Waals surface area contributed by atoms with E-state index in [1.807, 2.05) is 43.3 Å². The molecule has 1 heterocycles. The van der Waals surface area contributed by atoms with E-state index in [9.17, 15) is 19.5 Å².